The number of pyridine rings is 1. The molecule has 2 aliphatic rings. The zero-order chi connectivity index (χ0) is 35.0. The molecule has 1 aromatic heterocycles. The average molecular weight is 668 g/mol. The molecule has 49 heavy (non-hydrogen) atoms. The fourth-order valence-electron chi connectivity index (χ4n) is 7.57. The fourth-order valence-corrected chi connectivity index (χ4v) is 7.57. The van der Waals surface area contributed by atoms with E-state index >= 15 is 0 Å². The summed E-state index contributed by atoms with van der Waals surface area (Å²) in [6.45, 7) is 5.00. The van der Waals surface area contributed by atoms with E-state index in [1.807, 2.05) is 54.6 Å². The highest BCUT2D eigenvalue weighted by Gasteiger charge is 2.47. The highest BCUT2D eigenvalue weighted by Crippen LogP contribution is 2.43. The van der Waals surface area contributed by atoms with Crippen molar-refractivity contribution in [3.8, 4) is 0 Å². The molecule has 0 radical (unpaired) electrons. The van der Waals surface area contributed by atoms with Gasteiger partial charge in [-0.15, -0.1) is 0 Å². The van der Waals surface area contributed by atoms with E-state index in [1.54, 1.807) is 22.2 Å². The number of amides is 3. The molecule has 2 aromatic carbocycles. The van der Waals surface area contributed by atoms with E-state index < -0.39 is 29.9 Å². The van der Waals surface area contributed by atoms with Crippen molar-refractivity contribution < 1.29 is 24.3 Å². The van der Waals surface area contributed by atoms with Gasteiger partial charge < -0.3 is 15.3 Å². The Hall–Kier alpha value is -4.41. The number of aliphatic hydroxyl groups excluding tert-OH is 1. The Morgan fingerprint density at radius 2 is 1.63 bits per heavy atom. The van der Waals surface area contributed by atoms with Crippen molar-refractivity contribution in [2.75, 3.05) is 11.4 Å². The normalized spacial score (nSPS) is 19.9. The number of carbonyl (C=O) groups excluding carboxylic acids is 4. The predicted octanol–water partition coefficient (Wildman–Crippen LogP) is 4.34. The van der Waals surface area contributed by atoms with Gasteiger partial charge in [-0.2, -0.15) is 0 Å². The van der Waals surface area contributed by atoms with Gasteiger partial charge in [0.05, 0.1) is 6.04 Å². The summed E-state index contributed by atoms with van der Waals surface area (Å²) in [6, 6.07) is 20.1. The quantitative estimate of drug-likeness (QED) is 0.206. The number of aromatic nitrogens is 1. The number of nitrogens with one attached hydrogen (secondary N) is 2. The van der Waals surface area contributed by atoms with Crippen LogP contribution in [0.25, 0.3) is 0 Å². The lowest BCUT2D eigenvalue weighted by Crippen LogP contribution is -2.52. The molecule has 1 aliphatic heterocycles. The zero-order valence-corrected chi connectivity index (χ0v) is 28.8. The summed E-state index contributed by atoms with van der Waals surface area (Å²) in [5, 5.41) is 17.5. The second-order valence-electron chi connectivity index (χ2n) is 13.6. The predicted molar refractivity (Wildman–Crippen MR) is 188 cm³/mol. The summed E-state index contributed by atoms with van der Waals surface area (Å²) in [5.74, 6) is -0.483. The van der Waals surface area contributed by atoms with Gasteiger partial charge in [0, 0.05) is 50.3 Å². The van der Waals surface area contributed by atoms with Crippen LogP contribution in [0.1, 0.15) is 76.0 Å². The molecule has 2 heterocycles. The summed E-state index contributed by atoms with van der Waals surface area (Å²) in [5.41, 5.74) is 3.17. The monoisotopic (exact) mass is 667 g/mol. The molecule has 4 unspecified atom stereocenters. The largest absolute Gasteiger partial charge is 0.378 e. The van der Waals surface area contributed by atoms with Gasteiger partial charge in [0.25, 0.3) is 5.91 Å². The maximum Gasteiger partial charge on any atom is 0.251 e. The minimum Gasteiger partial charge on any atom is -0.378 e. The third-order valence-corrected chi connectivity index (χ3v) is 10.2. The number of aryl methyl sites for hydroxylation is 1. The molecule has 10 nitrogen and oxygen atoms in total. The standard InChI is InChI=1S/C39H49N5O5/c1-27(45)34(42-38(49)39(19-7-8-20-39)21-23-41-28(2)46)24-31-13-16-33(17-14-31)44-36(18-15-30-10-5-4-6-11-30)43(29(3)47)35(37(44)48)25-32-12-9-22-40-26-32/h4-6,9-14,16-17,22,26,34-36,38,42,49H,7-8,15,18-21,23-25H2,1-3H3,(H,41,46). The topological polar surface area (TPSA) is 132 Å². The summed E-state index contributed by atoms with van der Waals surface area (Å²) in [4.78, 5) is 59.3. The molecule has 1 saturated heterocycles. The van der Waals surface area contributed by atoms with E-state index in [1.165, 1.54) is 20.8 Å². The highest BCUT2D eigenvalue weighted by molar-refractivity contribution is 6.03. The van der Waals surface area contributed by atoms with Crippen LogP contribution in [0.15, 0.2) is 79.1 Å². The average Bonchev–Trinajstić information content (AvgIpc) is 3.67. The first-order valence-corrected chi connectivity index (χ1v) is 17.4. The number of Topliss-reactive ketones (excluding diaryl/α,β-unsaturated/α-hetero) is 1. The van der Waals surface area contributed by atoms with Gasteiger partial charge in [-0.3, -0.25) is 34.4 Å². The van der Waals surface area contributed by atoms with Crippen LogP contribution in [-0.2, 0) is 38.4 Å². The molecule has 4 atom stereocenters. The molecule has 1 saturated carbocycles. The third kappa shape index (κ3) is 8.80. The zero-order valence-electron chi connectivity index (χ0n) is 28.8. The first kappa shape index (κ1) is 35.9. The van der Waals surface area contributed by atoms with Crippen LogP contribution in [0.4, 0.5) is 5.69 Å². The first-order valence-electron chi connectivity index (χ1n) is 17.4. The second-order valence-corrected chi connectivity index (χ2v) is 13.6. The SMILES string of the molecule is CC(=O)NCCC1(C(O)NC(Cc2ccc(N3C(=O)C(Cc4cccnc4)N(C(C)=O)C3CCc3ccccc3)cc2)C(C)=O)CCCC1. The molecule has 10 heteroatoms. The number of carbonyl (C=O) groups is 4. The molecule has 3 N–H and O–H groups in total. The molecule has 0 spiro atoms. The Morgan fingerprint density at radius 1 is 0.939 bits per heavy atom. The fraction of sp³-hybridized carbons (Fsp3) is 0.462. The lowest BCUT2D eigenvalue weighted by atomic mass is 9.80. The molecule has 2 fully saturated rings. The van der Waals surface area contributed by atoms with Crippen LogP contribution in [-0.4, -0.2) is 69.5 Å². The van der Waals surface area contributed by atoms with E-state index in [0.29, 0.717) is 44.3 Å². The minimum atomic E-state index is -0.890. The van der Waals surface area contributed by atoms with Gasteiger partial charge >= 0.3 is 0 Å². The van der Waals surface area contributed by atoms with Gasteiger partial charge in [0.2, 0.25) is 11.8 Å². The molecule has 260 valence electrons. The van der Waals surface area contributed by atoms with Crippen molar-refractivity contribution in [2.24, 2.45) is 5.41 Å². The lowest BCUT2D eigenvalue weighted by Gasteiger charge is -2.37. The second kappa shape index (κ2) is 16.3. The minimum absolute atomic E-state index is 0.0795. The number of rotatable bonds is 15. The van der Waals surface area contributed by atoms with Crippen LogP contribution >= 0.6 is 0 Å². The summed E-state index contributed by atoms with van der Waals surface area (Å²) < 4.78 is 0. The van der Waals surface area contributed by atoms with Crippen LogP contribution in [0.3, 0.4) is 0 Å². The summed E-state index contributed by atoms with van der Waals surface area (Å²) in [7, 11) is 0. The third-order valence-electron chi connectivity index (χ3n) is 10.2. The number of hydrogen-bond acceptors (Lipinski definition) is 7. The van der Waals surface area contributed by atoms with Crippen LogP contribution in [0.5, 0.6) is 0 Å². The summed E-state index contributed by atoms with van der Waals surface area (Å²) in [6.07, 6.45) is 8.33. The Morgan fingerprint density at radius 3 is 2.24 bits per heavy atom. The van der Waals surface area contributed by atoms with Gasteiger partial charge in [-0.25, -0.2) is 0 Å². The van der Waals surface area contributed by atoms with Crippen LogP contribution in [0.2, 0.25) is 0 Å². The molecule has 3 amide bonds. The smallest absolute Gasteiger partial charge is 0.251 e. The van der Waals surface area contributed by atoms with Crippen molar-refractivity contribution in [3.63, 3.8) is 0 Å². The highest BCUT2D eigenvalue weighted by atomic mass is 16.3. The number of nitrogens with zero attached hydrogens (tertiary/aromatic N) is 3. The number of hydrogen-bond donors (Lipinski definition) is 3. The van der Waals surface area contributed by atoms with Crippen molar-refractivity contribution in [3.05, 3.63) is 95.8 Å². The van der Waals surface area contributed by atoms with Gasteiger partial charge in [-0.1, -0.05) is 61.4 Å². The van der Waals surface area contributed by atoms with Gasteiger partial charge in [0.1, 0.15) is 24.2 Å². The van der Waals surface area contributed by atoms with Crippen molar-refractivity contribution in [2.45, 2.75) is 103 Å². The Kier molecular flexibility index (Phi) is 12.0. The Labute approximate surface area is 289 Å². The summed E-state index contributed by atoms with van der Waals surface area (Å²) >= 11 is 0. The Bertz CT molecular complexity index is 1580. The molecule has 0 bridgehead atoms. The number of anilines is 1. The number of aliphatic hydroxyl groups is 1. The van der Waals surface area contributed by atoms with Crippen LogP contribution in [0, 0.1) is 5.41 Å². The van der Waals surface area contributed by atoms with Gasteiger partial charge in [-0.05, 0) is 80.3 Å². The van der Waals surface area contributed by atoms with E-state index in [-0.39, 0.29) is 23.5 Å². The van der Waals surface area contributed by atoms with Crippen molar-refractivity contribution in [1.82, 2.24) is 20.5 Å². The van der Waals surface area contributed by atoms with Crippen molar-refractivity contribution in [1.29, 1.82) is 0 Å². The molecular formula is C39H49N5O5. The maximum absolute atomic E-state index is 14.2. The van der Waals surface area contributed by atoms with E-state index in [9.17, 15) is 24.3 Å². The molecular weight excluding hydrogens is 618 g/mol. The van der Waals surface area contributed by atoms with E-state index in [2.05, 4.69) is 27.8 Å². The molecule has 1 aliphatic carbocycles. The molecule has 3 aromatic rings. The number of ketones is 1. The van der Waals surface area contributed by atoms with E-state index in [4.69, 9.17) is 0 Å². The van der Waals surface area contributed by atoms with Gasteiger partial charge in [0.15, 0.2) is 0 Å². The van der Waals surface area contributed by atoms with E-state index in [0.717, 1.165) is 42.4 Å². The Balaban J connectivity index is 1.35. The lowest BCUT2D eigenvalue weighted by molar-refractivity contribution is -0.134. The first-order chi connectivity index (χ1) is 23.6. The maximum atomic E-state index is 14.2. The number of benzene rings is 2. The van der Waals surface area contributed by atoms with Crippen LogP contribution < -0.4 is 15.5 Å². The molecule has 5 rings (SSSR count). The van der Waals surface area contributed by atoms with Crippen molar-refractivity contribution >= 4 is 29.2 Å².